The number of furan rings is 1. The first-order valence-corrected chi connectivity index (χ1v) is 9.60. The average Bonchev–Trinajstić information content (AvgIpc) is 3.38. The van der Waals surface area contributed by atoms with Crippen molar-refractivity contribution in [3.05, 3.63) is 60.1 Å². The monoisotopic (exact) mass is 411 g/mol. The van der Waals surface area contributed by atoms with Crippen molar-refractivity contribution in [2.24, 2.45) is 0 Å². The Balaban J connectivity index is 1.42. The van der Waals surface area contributed by atoms with E-state index in [2.05, 4.69) is 26.1 Å². The number of aromatic nitrogens is 2. The third-order valence-electron chi connectivity index (χ3n) is 4.13. The maximum Gasteiger partial charge on any atom is 0.319 e. The zero-order valence-corrected chi connectivity index (χ0v) is 17.2. The molecule has 0 aliphatic heterocycles. The smallest absolute Gasteiger partial charge is 0.319 e. The molecule has 3 rings (SSSR count). The molecular formula is C21H25N5O4. The second-order valence-corrected chi connectivity index (χ2v) is 7.77. The van der Waals surface area contributed by atoms with E-state index in [9.17, 15) is 9.59 Å². The van der Waals surface area contributed by atoms with Crippen LogP contribution in [-0.2, 0) is 23.2 Å². The molecule has 3 amide bonds. The number of nitrogens with zero attached hydrogens (tertiary/aromatic N) is 2. The minimum Gasteiger partial charge on any atom is -0.467 e. The molecule has 0 fully saturated rings. The van der Waals surface area contributed by atoms with Crippen molar-refractivity contribution in [1.29, 1.82) is 0 Å². The summed E-state index contributed by atoms with van der Waals surface area (Å²) < 4.78 is 10.3. The molecule has 0 unspecified atom stereocenters. The summed E-state index contributed by atoms with van der Waals surface area (Å²) in [6.07, 6.45) is 2.14. The van der Waals surface area contributed by atoms with Crippen molar-refractivity contribution < 1.29 is 18.5 Å². The Labute approximate surface area is 174 Å². The highest BCUT2D eigenvalue weighted by Gasteiger charge is 2.21. The number of urea groups is 1. The van der Waals surface area contributed by atoms with Gasteiger partial charge < -0.3 is 24.9 Å². The number of amides is 3. The van der Waals surface area contributed by atoms with E-state index in [0.717, 1.165) is 0 Å². The highest BCUT2D eigenvalue weighted by atomic mass is 16.5. The van der Waals surface area contributed by atoms with Crippen LogP contribution in [0.25, 0.3) is 0 Å². The van der Waals surface area contributed by atoms with Gasteiger partial charge in [0.1, 0.15) is 5.76 Å². The van der Waals surface area contributed by atoms with Crippen LogP contribution in [0.3, 0.4) is 0 Å². The first-order chi connectivity index (χ1) is 14.3. The fraction of sp³-hybridized carbons (Fsp3) is 0.333. The third kappa shape index (κ3) is 6.20. The summed E-state index contributed by atoms with van der Waals surface area (Å²) in [5.41, 5.74) is 1.03. The van der Waals surface area contributed by atoms with Crippen molar-refractivity contribution >= 4 is 23.3 Å². The standard InChI is InChI=1S/C21H25N5O4/c1-21(2,3)19-25-18(30-26-19)11-10-17(27)23-14-6-8-15(9-7-14)24-20(28)22-13-16-5-4-12-29-16/h4-9,12H,10-11,13H2,1-3H3,(H,23,27)(H2,22,24,28). The third-order valence-corrected chi connectivity index (χ3v) is 4.13. The Hall–Kier alpha value is -3.62. The molecule has 9 nitrogen and oxygen atoms in total. The molecule has 9 heteroatoms. The lowest BCUT2D eigenvalue weighted by Gasteiger charge is -2.10. The number of rotatable bonds is 7. The summed E-state index contributed by atoms with van der Waals surface area (Å²) in [6, 6.07) is 10.0. The van der Waals surface area contributed by atoms with Gasteiger partial charge in [-0.1, -0.05) is 25.9 Å². The molecule has 0 bridgehead atoms. The van der Waals surface area contributed by atoms with E-state index in [1.165, 1.54) is 0 Å². The number of carbonyl (C=O) groups excluding carboxylic acids is 2. The SMILES string of the molecule is CC(C)(C)c1noc(CCC(=O)Nc2ccc(NC(=O)NCc3ccco3)cc2)n1. The molecule has 158 valence electrons. The summed E-state index contributed by atoms with van der Waals surface area (Å²) in [6.45, 7) is 6.28. The predicted molar refractivity (Wildman–Crippen MR) is 111 cm³/mol. The van der Waals surface area contributed by atoms with E-state index in [1.807, 2.05) is 20.8 Å². The number of hydrogen-bond acceptors (Lipinski definition) is 6. The zero-order valence-electron chi connectivity index (χ0n) is 17.2. The average molecular weight is 411 g/mol. The van der Waals surface area contributed by atoms with Gasteiger partial charge in [0, 0.05) is 29.6 Å². The fourth-order valence-electron chi connectivity index (χ4n) is 2.50. The van der Waals surface area contributed by atoms with E-state index in [0.29, 0.717) is 41.8 Å². The van der Waals surface area contributed by atoms with Crippen LogP contribution in [0.1, 0.15) is 44.7 Å². The van der Waals surface area contributed by atoms with Crippen LogP contribution in [-0.4, -0.2) is 22.1 Å². The maximum atomic E-state index is 12.2. The van der Waals surface area contributed by atoms with Gasteiger partial charge in [-0.3, -0.25) is 4.79 Å². The second kappa shape index (κ2) is 9.25. The summed E-state index contributed by atoms with van der Waals surface area (Å²) in [5, 5.41) is 12.2. The quantitative estimate of drug-likeness (QED) is 0.543. The largest absolute Gasteiger partial charge is 0.467 e. The first kappa shape index (κ1) is 21.1. The van der Waals surface area contributed by atoms with E-state index < -0.39 is 0 Å². The van der Waals surface area contributed by atoms with Crippen LogP contribution in [0.4, 0.5) is 16.2 Å². The molecule has 0 saturated heterocycles. The van der Waals surface area contributed by atoms with Gasteiger partial charge in [0.05, 0.1) is 12.8 Å². The van der Waals surface area contributed by atoms with Crippen LogP contribution in [0.5, 0.6) is 0 Å². The van der Waals surface area contributed by atoms with Crippen LogP contribution >= 0.6 is 0 Å². The number of aryl methyl sites for hydroxylation is 1. The van der Waals surface area contributed by atoms with E-state index in [-0.39, 0.29) is 23.8 Å². The normalized spacial score (nSPS) is 11.2. The van der Waals surface area contributed by atoms with Gasteiger partial charge in [0.2, 0.25) is 11.8 Å². The molecule has 30 heavy (non-hydrogen) atoms. The number of hydrogen-bond donors (Lipinski definition) is 3. The molecule has 0 saturated carbocycles. The molecule has 3 N–H and O–H groups in total. The van der Waals surface area contributed by atoms with Gasteiger partial charge in [-0.15, -0.1) is 0 Å². The molecule has 2 aromatic heterocycles. The minimum atomic E-state index is -0.350. The van der Waals surface area contributed by atoms with Crippen molar-refractivity contribution in [2.75, 3.05) is 10.6 Å². The van der Waals surface area contributed by atoms with Gasteiger partial charge in [-0.05, 0) is 36.4 Å². The number of nitrogens with one attached hydrogen (secondary N) is 3. The van der Waals surface area contributed by atoms with Gasteiger partial charge in [-0.2, -0.15) is 4.98 Å². The number of carbonyl (C=O) groups is 2. The summed E-state index contributed by atoms with van der Waals surface area (Å²) in [5.74, 6) is 1.56. The zero-order chi connectivity index (χ0) is 21.6. The molecule has 0 spiro atoms. The molecule has 0 atom stereocenters. The van der Waals surface area contributed by atoms with Crippen LogP contribution in [0.2, 0.25) is 0 Å². The second-order valence-electron chi connectivity index (χ2n) is 7.77. The Kier molecular flexibility index (Phi) is 6.51. The van der Waals surface area contributed by atoms with Crippen LogP contribution in [0.15, 0.2) is 51.6 Å². The van der Waals surface area contributed by atoms with Gasteiger partial charge in [0.25, 0.3) is 0 Å². The fourth-order valence-corrected chi connectivity index (χ4v) is 2.50. The van der Waals surface area contributed by atoms with Gasteiger partial charge in [0.15, 0.2) is 5.82 Å². The summed E-state index contributed by atoms with van der Waals surface area (Å²) in [4.78, 5) is 28.4. The molecular weight excluding hydrogens is 386 g/mol. The van der Waals surface area contributed by atoms with Gasteiger partial charge >= 0.3 is 6.03 Å². The van der Waals surface area contributed by atoms with E-state index in [4.69, 9.17) is 8.94 Å². The molecule has 0 aliphatic carbocycles. The predicted octanol–water partition coefficient (Wildman–Crippen LogP) is 3.85. The summed E-state index contributed by atoms with van der Waals surface area (Å²) in [7, 11) is 0. The van der Waals surface area contributed by atoms with Crippen molar-refractivity contribution in [3.63, 3.8) is 0 Å². The molecule has 2 heterocycles. The first-order valence-electron chi connectivity index (χ1n) is 9.60. The maximum absolute atomic E-state index is 12.2. The Morgan fingerprint density at radius 2 is 1.73 bits per heavy atom. The Morgan fingerprint density at radius 3 is 2.33 bits per heavy atom. The topological polar surface area (TPSA) is 122 Å². The molecule has 3 aromatic rings. The van der Waals surface area contributed by atoms with Crippen LogP contribution in [0, 0.1) is 0 Å². The van der Waals surface area contributed by atoms with Crippen molar-refractivity contribution in [1.82, 2.24) is 15.5 Å². The van der Waals surface area contributed by atoms with Crippen molar-refractivity contribution in [2.45, 2.75) is 45.6 Å². The molecule has 1 aromatic carbocycles. The van der Waals surface area contributed by atoms with Gasteiger partial charge in [-0.25, -0.2) is 4.79 Å². The number of anilines is 2. The van der Waals surface area contributed by atoms with Crippen LogP contribution < -0.4 is 16.0 Å². The Bertz CT molecular complexity index is 972. The van der Waals surface area contributed by atoms with E-state index in [1.54, 1.807) is 42.7 Å². The minimum absolute atomic E-state index is 0.164. The lowest BCUT2D eigenvalue weighted by molar-refractivity contribution is -0.116. The lowest BCUT2D eigenvalue weighted by Crippen LogP contribution is -2.27. The highest BCUT2D eigenvalue weighted by molar-refractivity contribution is 5.92. The number of benzene rings is 1. The van der Waals surface area contributed by atoms with E-state index >= 15 is 0 Å². The lowest BCUT2D eigenvalue weighted by atomic mass is 9.96. The highest BCUT2D eigenvalue weighted by Crippen LogP contribution is 2.19. The summed E-state index contributed by atoms with van der Waals surface area (Å²) >= 11 is 0. The molecule has 0 radical (unpaired) electrons. The van der Waals surface area contributed by atoms with Crippen molar-refractivity contribution in [3.8, 4) is 0 Å². The Morgan fingerprint density at radius 1 is 1.03 bits per heavy atom. The molecule has 0 aliphatic rings.